The van der Waals surface area contributed by atoms with Gasteiger partial charge in [0.15, 0.2) is 11.6 Å². The second-order valence-electron chi connectivity index (χ2n) is 2.45. The molecule has 0 saturated heterocycles. The van der Waals surface area contributed by atoms with Crippen LogP contribution in [0.25, 0.3) is 0 Å². The van der Waals surface area contributed by atoms with Crippen molar-refractivity contribution in [1.29, 1.82) is 0 Å². The number of hydrogen-bond acceptors (Lipinski definition) is 3. The lowest BCUT2D eigenvalue weighted by molar-refractivity contribution is -0.138. The predicted molar refractivity (Wildman–Crippen MR) is 41.8 cm³/mol. The molecule has 4 nitrogen and oxygen atoms in total. The van der Waals surface area contributed by atoms with Crippen molar-refractivity contribution in [3.8, 4) is 0 Å². The SMILES string of the molecule is CCC(=O)C(=O)CCCC(=O)O. The molecule has 0 radical (unpaired) electrons. The van der Waals surface area contributed by atoms with Crippen molar-refractivity contribution in [3.05, 3.63) is 0 Å². The number of carboxylic acids is 1. The highest BCUT2D eigenvalue weighted by molar-refractivity contribution is 6.37. The molecule has 68 valence electrons. The summed E-state index contributed by atoms with van der Waals surface area (Å²) in [6.45, 7) is 1.61. The normalized spacial score (nSPS) is 9.42. The predicted octanol–water partition coefficient (Wildman–Crippen LogP) is 0.789. The molecule has 0 aromatic carbocycles. The summed E-state index contributed by atoms with van der Waals surface area (Å²) in [5.74, 6) is -1.81. The van der Waals surface area contributed by atoms with E-state index in [4.69, 9.17) is 5.11 Å². The zero-order chi connectivity index (χ0) is 9.56. The molecule has 0 atom stereocenters. The second kappa shape index (κ2) is 5.46. The van der Waals surface area contributed by atoms with Crippen LogP contribution in [0, 0.1) is 0 Å². The monoisotopic (exact) mass is 172 g/mol. The minimum Gasteiger partial charge on any atom is -0.481 e. The molecule has 0 unspecified atom stereocenters. The molecule has 0 rings (SSSR count). The van der Waals surface area contributed by atoms with Gasteiger partial charge in [0.25, 0.3) is 0 Å². The van der Waals surface area contributed by atoms with Crippen LogP contribution in [0.4, 0.5) is 0 Å². The summed E-state index contributed by atoms with van der Waals surface area (Å²) < 4.78 is 0. The minimum atomic E-state index is -0.938. The molecule has 0 aliphatic rings. The fourth-order valence-electron chi connectivity index (χ4n) is 0.737. The van der Waals surface area contributed by atoms with Gasteiger partial charge in [-0.25, -0.2) is 0 Å². The Morgan fingerprint density at radius 3 is 2.08 bits per heavy atom. The third-order valence-corrected chi connectivity index (χ3v) is 1.43. The van der Waals surface area contributed by atoms with Gasteiger partial charge in [0.1, 0.15) is 0 Å². The standard InChI is InChI=1S/C8H12O4/c1-2-6(9)7(10)4-3-5-8(11)12/h2-5H2,1H3,(H,11,12). The van der Waals surface area contributed by atoms with E-state index < -0.39 is 17.5 Å². The van der Waals surface area contributed by atoms with E-state index >= 15 is 0 Å². The summed E-state index contributed by atoms with van der Waals surface area (Å²) >= 11 is 0. The Morgan fingerprint density at radius 1 is 1.08 bits per heavy atom. The molecule has 0 bridgehead atoms. The third kappa shape index (κ3) is 4.60. The molecule has 0 spiro atoms. The van der Waals surface area contributed by atoms with Crippen LogP contribution in [0.1, 0.15) is 32.6 Å². The van der Waals surface area contributed by atoms with E-state index in [1.165, 1.54) is 0 Å². The highest BCUT2D eigenvalue weighted by Crippen LogP contribution is 1.98. The molecule has 4 heteroatoms. The topological polar surface area (TPSA) is 71.4 Å². The third-order valence-electron chi connectivity index (χ3n) is 1.43. The number of Topliss-reactive ketones (excluding diaryl/α,β-unsaturated/α-hetero) is 2. The maximum atomic E-state index is 10.8. The number of hydrogen-bond donors (Lipinski definition) is 1. The highest BCUT2D eigenvalue weighted by atomic mass is 16.4. The van der Waals surface area contributed by atoms with Crippen molar-refractivity contribution >= 4 is 17.5 Å². The zero-order valence-corrected chi connectivity index (χ0v) is 7.00. The van der Waals surface area contributed by atoms with E-state index in [2.05, 4.69) is 0 Å². The first-order valence-corrected chi connectivity index (χ1v) is 3.85. The molecule has 0 fully saturated rings. The minimum absolute atomic E-state index is 0.0528. The largest absolute Gasteiger partial charge is 0.481 e. The van der Waals surface area contributed by atoms with Crippen molar-refractivity contribution in [2.45, 2.75) is 32.6 Å². The first-order valence-electron chi connectivity index (χ1n) is 3.85. The van der Waals surface area contributed by atoms with Crippen LogP contribution in [0.3, 0.4) is 0 Å². The van der Waals surface area contributed by atoms with Gasteiger partial charge in [0.2, 0.25) is 0 Å². The molecule has 1 N–H and O–H groups in total. The van der Waals surface area contributed by atoms with Gasteiger partial charge >= 0.3 is 5.97 Å². The summed E-state index contributed by atoms with van der Waals surface area (Å²) in [4.78, 5) is 31.5. The van der Waals surface area contributed by atoms with Crippen LogP contribution in [-0.4, -0.2) is 22.6 Å². The maximum absolute atomic E-state index is 10.8. The van der Waals surface area contributed by atoms with Gasteiger partial charge in [0.05, 0.1) is 0 Å². The van der Waals surface area contributed by atoms with Crippen LogP contribution < -0.4 is 0 Å². The van der Waals surface area contributed by atoms with Gasteiger partial charge in [-0.05, 0) is 6.42 Å². The summed E-state index contributed by atoms with van der Waals surface area (Å²) in [5.41, 5.74) is 0. The Labute approximate surface area is 70.6 Å². The van der Waals surface area contributed by atoms with Crippen LogP contribution >= 0.6 is 0 Å². The molecular weight excluding hydrogens is 160 g/mol. The van der Waals surface area contributed by atoms with Crippen molar-refractivity contribution in [3.63, 3.8) is 0 Å². The summed E-state index contributed by atoms with van der Waals surface area (Å²) in [5, 5.41) is 8.23. The Kier molecular flexibility index (Phi) is 4.92. The van der Waals surface area contributed by atoms with E-state index in [0.717, 1.165) is 0 Å². The number of ketones is 2. The van der Waals surface area contributed by atoms with Gasteiger partial charge in [-0.1, -0.05) is 6.92 Å². The van der Waals surface area contributed by atoms with E-state index in [-0.39, 0.29) is 25.7 Å². The van der Waals surface area contributed by atoms with Crippen LogP contribution in [0.5, 0.6) is 0 Å². The smallest absolute Gasteiger partial charge is 0.303 e. The first-order chi connectivity index (χ1) is 5.57. The molecule has 0 aliphatic carbocycles. The van der Waals surface area contributed by atoms with Crippen LogP contribution in [0.2, 0.25) is 0 Å². The lowest BCUT2D eigenvalue weighted by Gasteiger charge is -1.94. The molecule has 0 heterocycles. The average Bonchev–Trinajstić information content (AvgIpc) is 2.02. The average molecular weight is 172 g/mol. The maximum Gasteiger partial charge on any atom is 0.303 e. The van der Waals surface area contributed by atoms with E-state index in [0.29, 0.717) is 0 Å². The summed E-state index contributed by atoms with van der Waals surface area (Å²) in [7, 11) is 0. The number of aliphatic carboxylic acids is 1. The molecule has 0 aromatic heterocycles. The van der Waals surface area contributed by atoms with Gasteiger partial charge in [-0.15, -0.1) is 0 Å². The quantitative estimate of drug-likeness (QED) is 0.601. The lowest BCUT2D eigenvalue weighted by atomic mass is 10.1. The summed E-state index contributed by atoms with van der Waals surface area (Å²) in [6, 6.07) is 0. The van der Waals surface area contributed by atoms with Gasteiger partial charge in [-0.3, -0.25) is 14.4 Å². The van der Waals surface area contributed by atoms with E-state index in [1.807, 2.05) is 0 Å². The van der Waals surface area contributed by atoms with E-state index in [1.54, 1.807) is 6.92 Å². The Bertz CT molecular complexity index is 195. The van der Waals surface area contributed by atoms with Crippen molar-refractivity contribution < 1.29 is 19.5 Å². The van der Waals surface area contributed by atoms with E-state index in [9.17, 15) is 14.4 Å². The Hall–Kier alpha value is -1.19. The number of carbonyl (C=O) groups is 3. The van der Waals surface area contributed by atoms with Gasteiger partial charge in [-0.2, -0.15) is 0 Å². The molecule has 0 aromatic rings. The van der Waals surface area contributed by atoms with Gasteiger partial charge in [0, 0.05) is 19.3 Å². The summed E-state index contributed by atoms with van der Waals surface area (Å²) in [6.07, 6.45) is 0.452. The van der Waals surface area contributed by atoms with Gasteiger partial charge < -0.3 is 5.11 Å². The highest BCUT2D eigenvalue weighted by Gasteiger charge is 2.10. The molecule has 0 saturated carbocycles. The van der Waals surface area contributed by atoms with Crippen molar-refractivity contribution in [2.75, 3.05) is 0 Å². The molecule has 0 amide bonds. The van der Waals surface area contributed by atoms with Crippen LogP contribution in [-0.2, 0) is 14.4 Å². The number of carbonyl (C=O) groups excluding carboxylic acids is 2. The molecular formula is C8H12O4. The second-order valence-corrected chi connectivity index (χ2v) is 2.45. The molecule has 12 heavy (non-hydrogen) atoms. The number of rotatable bonds is 6. The van der Waals surface area contributed by atoms with Crippen molar-refractivity contribution in [2.24, 2.45) is 0 Å². The van der Waals surface area contributed by atoms with Crippen molar-refractivity contribution in [1.82, 2.24) is 0 Å². The molecule has 0 aliphatic heterocycles. The fourth-order valence-corrected chi connectivity index (χ4v) is 0.737. The number of carboxylic acid groups (broad SMARTS) is 1. The Balaban J connectivity index is 3.58. The Morgan fingerprint density at radius 2 is 1.67 bits per heavy atom. The zero-order valence-electron chi connectivity index (χ0n) is 7.00. The van der Waals surface area contributed by atoms with Crippen LogP contribution in [0.15, 0.2) is 0 Å². The lowest BCUT2D eigenvalue weighted by Crippen LogP contribution is -2.12. The fraction of sp³-hybridized carbons (Fsp3) is 0.625. The first kappa shape index (κ1) is 10.8.